The summed E-state index contributed by atoms with van der Waals surface area (Å²) in [6.07, 6.45) is 3.64. The van der Waals surface area contributed by atoms with Crippen molar-refractivity contribution in [3.05, 3.63) is 59.2 Å². The van der Waals surface area contributed by atoms with E-state index in [2.05, 4.69) is 16.6 Å². The first-order valence-electron chi connectivity index (χ1n) is 7.24. The maximum Gasteiger partial charge on any atom is 0.277 e. The van der Waals surface area contributed by atoms with E-state index in [1.54, 1.807) is 18.0 Å². The van der Waals surface area contributed by atoms with Crippen LogP contribution < -0.4 is 10.2 Å². The third kappa shape index (κ3) is 5.79. The van der Waals surface area contributed by atoms with Gasteiger partial charge in [-0.1, -0.05) is 18.2 Å². The largest absolute Gasteiger partial charge is 0.484 e. The van der Waals surface area contributed by atoms with Gasteiger partial charge >= 0.3 is 0 Å². The lowest BCUT2D eigenvalue weighted by atomic mass is 10.1. The van der Waals surface area contributed by atoms with Crippen molar-refractivity contribution in [3.63, 3.8) is 0 Å². The number of hydrogen-bond acceptors (Lipinski definition) is 4. The third-order valence-corrected chi connectivity index (χ3v) is 3.83. The monoisotopic (exact) mass is 328 g/mol. The fourth-order valence-electron chi connectivity index (χ4n) is 2.07. The highest BCUT2D eigenvalue weighted by Gasteiger charge is 2.02. The van der Waals surface area contributed by atoms with Crippen LogP contribution in [0.5, 0.6) is 5.75 Å². The Morgan fingerprint density at radius 1 is 1.17 bits per heavy atom. The van der Waals surface area contributed by atoms with Crippen molar-refractivity contribution in [1.82, 2.24) is 5.43 Å². The van der Waals surface area contributed by atoms with E-state index >= 15 is 0 Å². The van der Waals surface area contributed by atoms with Crippen molar-refractivity contribution in [2.75, 3.05) is 12.9 Å². The summed E-state index contributed by atoms with van der Waals surface area (Å²) < 4.78 is 5.47. The van der Waals surface area contributed by atoms with E-state index in [0.717, 1.165) is 16.7 Å². The van der Waals surface area contributed by atoms with Crippen LogP contribution in [0.4, 0.5) is 0 Å². The average Bonchev–Trinajstić information content (AvgIpc) is 2.53. The first-order valence-corrected chi connectivity index (χ1v) is 8.46. The zero-order valence-electron chi connectivity index (χ0n) is 13.5. The van der Waals surface area contributed by atoms with Gasteiger partial charge in [-0.05, 0) is 61.1 Å². The normalized spacial score (nSPS) is 10.7. The van der Waals surface area contributed by atoms with Gasteiger partial charge in [0.05, 0.1) is 6.21 Å². The van der Waals surface area contributed by atoms with Crippen molar-refractivity contribution < 1.29 is 9.53 Å². The van der Waals surface area contributed by atoms with E-state index in [4.69, 9.17) is 4.74 Å². The van der Waals surface area contributed by atoms with E-state index in [1.165, 1.54) is 4.90 Å². The minimum Gasteiger partial charge on any atom is -0.484 e. The molecule has 2 aromatic rings. The van der Waals surface area contributed by atoms with Gasteiger partial charge in [-0.15, -0.1) is 11.8 Å². The number of thioether (sulfide) groups is 1. The van der Waals surface area contributed by atoms with Gasteiger partial charge in [0.15, 0.2) is 6.61 Å². The summed E-state index contributed by atoms with van der Waals surface area (Å²) in [5, 5.41) is 3.93. The van der Waals surface area contributed by atoms with Gasteiger partial charge < -0.3 is 4.74 Å². The Morgan fingerprint density at radius 2 is 1.83 bits per heavy atom. The van der Waals surface area contributed by atoms with E-state index < -0.39 is 0 Å². The number of carbonyl (C=O) groups is 1. The first kappa shape index (κ1) is 17.1. The Labute approximate surface area is 140 Å². The van der Waals surface area contributed by atoms with Crippen LogP contribution in [0, 0.1) is 13.8 Å². The lowest BCUT2D eigenvalue weighted by molar-refractivity contribution is -0.123. The highest BCUT2D eigenvalue weighted by Crippen LogP contribution is 2.16. The molecule has 0 aliphatic carbocycles. The molecule has 0 aromatic heterocycles. The minimum atomic E-state index is -0.291. The molecule has 0 atom stereocenters. The summed E-state index contributed by atoms with van der Waals surface area (Å²) in [6, 6.07) is 13.8. The van der Waals surface area contributed by atoms with Crippen LogP contribution in [-0.2, 0) is 4.79 Å². The van der Waals surface area contributed by atoms with E-state index in [1.807, 2.05) is 56.5 Å². The predicted molar refractivity (Wildman–Crippen MR) is 95.4 cm³/mol. The van der Waals surface area contributed by atoms with Crippen LogP contribution in [0.25, 0.3) is 0 Å². The van der Waals surface area contributed by atoms with E-state index in [-0.39, 0.29) is 12.5 Å². The predicted octanol–water partition coefficient (Wildman–Crippen LogP) is 3.55. The molecule has 1 amide bonds. The number of benzene rings is 2. The minimum absolute atomic E-state index is 0.0638. The van der Waals surface area contributed by atoms with Crippen LogP contribution in [0.3, 0.4) is 0 Å². The van der Waals surface area contributed by atoms with Crippen molar-refractivity contribution in [1.29, 1.82) is 0 Å². The van der Waals surface area contributed by atoms with Crippen LogP contribution >= 0.6 is 11.8 Å². The second-order valence-electron chi connectivity index (χ2n) is 5.18. The molecule has 0 heterocycles. The zero-order valence-corrected chi connectivity index (χ0v) is 14.3. The molecule has 0 aliphatic rings. The van der Waals surface area contributed by atoms with Gasteiger partial charge in [0, 0.05) is 4.90 Å². The fourth-order valence-corrected chi connectivity index (χ4v) is 2.47. The van der Waals surface area contributed by atoms with E-state index in [0.29, 0.717) is 5.75 Å². The summed E-state index contributed by atoms with van der Waals surface area (Å²) >= 11 is 1.68. The molecular formula is C18H20N2O2S. The molecule has 0 aliphatic heterocycles. The standard InChI is InChI=1S/C18H20N2O2S/c1-13-8-14(2)10-16(9-13)22-12-18(21)20-19-11-15-4-6-17(23-3)7-5-15/h4-11H,12H2,1-3H3,(H,20,21). The Bertz CT molecular complexity index is 676. The Kier molecular flexibility index (Phi) is 6.23. The molecule has 0 saturated heterocycles. The second-order valence-corrected chi connectivity index (χ2v) is 6.06. The number of amides is 1. The van der Waals surface area contributed by atoms with Gasteiger partial charge in [-0.2, -0.15) is 5.10 Å². The smallest absolute Gasteiger partial charge is 0.277 e. The van der Waals surface area contributed by atoms with Gasteiger partial charge in [0.25, 0.3) is 5.91 Å². The molecule has 0 radical (unpaired) electrons. The Hall–Kier alpha value is -2.27. The number of ether oxygens (including phenoxy) is 1. The molecule has 23 heavy (non-hydrogen) atoms. The summed E-state index contributed by atoms with van der Waals surface area (Å²) in [4.78, 5) is 12.9. The number of aryl methyl sites for hydroxylation is 2. The van der Waals surface area contributed by atoms with Crippen LogP contribution in [-0.4, -0.2) is 25.0 Å². The quantitative estimate of drug-likeness (QED) is 0.501. The van der Waals surface area contributed by atoms with Gasteiger partial charge in [-0.3, -0.25) is 4.79 Å². The van der Waals surface area contributed by atoms with Crippen LogP contribution in [0.1, 0.15) is 16.7 Å². The highest BCUT2D eigenvalue weighted by atomic mass is 32.2. The fraction of sp³-hybridized carbons (Fsp3) is 0.222. The molecule has 0 saturated carbocycles. The molecule has 4 nitrogen and oxygen atoms in total. The number of nitrogens with one attached hydrogen (secondary N) is 1. The van der Waals surface area contributed by atoms with Crippen LogP contribution in [0.15, 0.2) is 52.5 Å². The van der Waals surface area contributed by atoms with Gasteiger partial charge in [-0.25, -0.2) is 5.43 Å². The molecule has 1 N–H and O–H groups in total. The van der Waals surface area contributed by atoms with Crippen molar-refractivity contribution in [2.45, 2.75) is 18.7 Å². The van der Waals surface area contributed by atoms with Crippen LogP contribution in [0.2, 0.25) is 0 Å². The summed E-state index contributed by atoms with van der Waals surface area (Å²) in [5.41, 5.74) is 5.60. The van der Waals surface area contributed by atoms with E-state index in [9.17, 15) is 4.79 Å². The highest BCUT2D eigenvalue weighted by molar-refractivity contribution is 7.98. The molecule has 2 aromatic carbocycles. The van der Waals surface area contributed by atoms with Gasteiger partial charge in [0.1, 0.15) is 5.75 Å². The Balaban J connectivity index is 1.81. The third-order valence-electron chi connectivity index (χ3n) is 3.08. The number of carbonyl (C=O) groups excluding carboxylic acids is 1. The lowest BCUT2D eigenvalue weighted by Crippen LogP contribution is -2.24. The lowest BCUT2D eigenvalue weighted by Gasteiger charge is -2.07. The number of hydrogen-bond donors (Lipinski definition) is 1. The topological polar surface area (TPSA) is 50.7 Å². The van der Waals surface area contributed by atoms with Gasteiger partial charge in [0.2, 0.25) is 0 Å². The summed E-state index contributed by atoms with van der Waals surface area (Å²) in [5.74, 6) is 0.399. The molecule has 0 spiro atoms. The van der Waals surface area contributed by atoms with Crippen molar-refractivity contribution >= 4 is 23.9 Å². The molecule has 0 unspecified atom stereocenters. The number of hydrazone groups is 1. The number of nitrogens with zero attached hydrogens (tertiary/aromatic N) is 1. The molecule has 0 bridgehead atoms. The molecular weight excluding hydrogens is 308 g/mol. The molecule has 0 fully saturated rings. The zero-order chi connectivity index (χ0) is 16.7. The first-order chi connectivity index (χ1) is 11.1. The van der Waals surface area contributed by atoms with Crippen molar-refractivity contribution in [2.24, 2.45) is 5.10 Å². The molecule has 2 rings (SSSR count). The Morgan fingerprint density at radius 3 is 2.43 bits per heavy atom. The second kappa shape index (κ2) is 8.39. The molecule has 120 valence electrons. The average molecular weight is 328 g/mol. The SMILES string of the molecule is CSc1ccc(C=NNC(=O)COc2cc(C)cc(C)c2)cc1. The summed E-state index contributed by atoms with van der Waals surface area (Å²) in [6.45, 7) is 3.92. The summed E-state index contributed by atoms with van der Waals surface area (Å²) in [7, 11) is 0. The number of rotatable bonds is 6. The maximum atomic E-state index is 11.7. The molecule has 5 heteroatoms. The maximum absolute atomic E-state index is 11.7. The van der Waals surface area contributed by atoms with Crippen molar-refractivity contribution in [3.8, 4) is 5.75 Å².